The fourth-order valence-corrected chi connectivity index (χ4v) is 2.32. The minimum absolute atomic E-state index is 0.00718. The molecule has 6 heteroatoms. The number of nitrogens with one attached hydrogen (secondary N) is 1. The fourth-order valence-electron chi connectivity index (χ4n) is 2.32. The Bertz CT molecular complexity index is 492. The molecule has 2 rings (SSSR count). The molecular weight excluding hydrogens is 270 g/mol. The monoisotopic (exact) mass is 291 g/mol. The Hall–Kier alpha value is -1.92. The molecule has 1 aliphatic heterocycles. The third-order valence-corrected chi connectivity index (χ3v) is 3.55. The van der Waals surface area contributed by atoms with E-state index in [9.17, 15) is 9.59 Å². The number of hydrogen-bond donors (Lipinski definition) is 2. The van der Waals surface area contributed by atoms with Crippen LogP contribution in [0.1, 0.15) is 18.6 Å². The highest BCUT2D eigenvalue weighted by molar-refractivity contribution is 5.85. The van der Waals surface area contributed by atoms with Gasteiger partial charge in [0.2, 0.25) is 11.8 Å². The van der Waals surface area contributed by atoms with Gasteiger partial charge in [-0.2, -0.15) is 0 Å². The second-order valence-corrected chi connectivity index (χ2v) is 5.11. The van der Waals surface area contributed by atoms with Crippen LogP contribution in [0, 0.1) is 0 Å². The quantitative estimate of drug-likeness (QED) is 0.821. The average Bonchev–Trinajstić information content (AvgIpc) is 2.53. The predicted molar refractivity (Wildman–Crippen MR) is 78.4 cm³/mol. The number of rotatable bonds is 4. The van der Waals surface area contributed by atoms with E-state index < -0.39 is 0 Å². The van der Waals surface area contributed by atoms with Crippen LogP contribution in [0.25, 0.3) is 0 Å². The van der Waals surface area contributed by atoms with Crippen LogP contribution in [-0.2, 0) is 14.3 Å². The van der Waals surface area contributed by atoms with Gasteiger partial charge in [0.25, 0.3) is 0 Å². The van der Waals surface area contributed by atoms with Crippen molar-refractivity contribution in [2.24, 2.45) is 5.73 Å². The Morgan fingerprint density at radius 2 is 2.10 bits per heavy atom. The van der Waals surface area contributed by atoms with E-state index >= 15 is 0 Å². The van der Waals surface area contributed by atoms with E-state index in [0.29, 0.717) is 13.2 Å². The minimum Gasteiger partial charge on any atom is -0.370 e. The van der Waals surface area contributed by atoms with Crippen molar-refractivity contribution in [3.05, 3.63) is 35.9 Å². The van der Waals surface area contributed by atoms with Gasteiger partial charge < -0.3 is 20.7 Å². The van der Waals surface area contributed by atoms with E-state index in [1.807, 2.05) is 37.3 Å². The van der Waals surface area contributed by atoms with E-state index in [1.165, 1.54) is 0 Å². The molecule has 114 valence electrons. The van der Waals surface area contributed by atoms with Crippen LogP contribution in [-0.4, -0.2) is 49.0 Å². The van der Waals surface area contributed by atoms with Gasteiger partial charge >= 0.3 is 0 Å². The van der Waals surface area contributed by atoms with Crippen molar-refractivity contribution in [3.8, 4) is 0 Å². The molecule has 1 aromatic carbocycles. The minimum atomic E-state index is -0.330. The highest BCUT2D eigenvalue weighted by Crippen LogP contribution is 2.24. The number of nitrogens with zero attached hydrogens (tertiary/aromatic N) is 1. The lowest BCUT2D eigenvalue weighted by molar-refractivity contribution is -0.144. The summed E-state index contributed by atoms with van der Waals surface area (Å²) in [6.45, 7) is 2.77. The topological polar surface area (TPSA) is 84.7 Å². The number of hydrogen-bond acceptors (Lipinski definition) is 4. The van der Waals surface area contributed by atoms with Crippen molar-refractivity contribution in [2.75, 3.05) is 26.2 Å². The van der Waals surface area contributed by atoms with Crippen LogP contribution in [0.2, 0.25) is 0 Å². The second-order valence-electron chi connectivity index (χ2n) is 5.11. The molecule has 1 heterocycles. The van der Waals surface area contributed by atoms with Gasteiger partial charge in [-0.15, -0.1) is 0 Å². The fraction of sp³-hybridized carbons (Fsp3) is 0.467. The van der Waals surface area contributed by atoms with E-state index in [1.54, 1.807) is 4.90 Å². The molecule has 0 aromatic heterocycles. The maximum atomic E-state index is 12.2. The number of nitrogens with two attached hydrogens (primary N) is 1. The van der Waals surface area contributed by atoms with Crippen molar-refractivity contribution < 1.29 is 14.3 Å². The van der Waals surface area contributed by atoms with Gasteiger partial charge in [-0.3, -0.25) is 9.59 Å². The summed E-state index contributed by atoms with van der Waals surface area (Å²) in [5.74, 6) is -0.447. The average molecular weight is 291 g/mol. The molecule has 0 spiro atoms. The van der Waals surface area contributed by atoms with Crippen LogP contribution in [0.15, 0.2) is 30.3 Å². The summed E-state index contributed by atoms with van der Waals surface area (Å²) in [4.78, 5) is 25.1. The maximum Gasteiger partial charge on any atom is 0.242 e. The second kappa shape index (κ2) is 7.19. The van der Waals surface area contributed by atoms with Gasteiger partial charge in [-0.05, 0) is 12.5 Å². The molecule has 0 saturated carbocycles. The molecule has 6 nitrogen and oxygen atoms in total. The summed E-state index contributed by atoms with van der Waals surface area (Å²) in [7, 11) is 0. The molecule has 0 bridgehead atoms. The Morgan fingerprint density at radius 1 is 1.38 bits per heavy atom. The van der Waals surface area contributed by atoms with Gasteiger partial charge in [0.15, 0.2) is 0 Å². The SMILES string of the molecule is CC1COC(c2ccccc2)CN1C(=O)CNC(=O)CN. The summed E-state index contributed by atoms with van der Waals surface area (Å²) >= 11 is 0. The largest absolute Gasteiger partial charge is 0.370 e. The first-order valence-corrected chi connectivity index (χ1v) is 7.04. The summed E-state index contributed by atoms with van der Waals surface area (Å²) in [6, 6.07) is 9.81. The highest BCUT2D eigenvalue weighted by Gasteiger charge is 2.30. The van der Waals surface area contributed by atoms with Gasteiger partial charge in [-0.25, -0.2) is 0 Å². The summed E-state index contributed by atoms with van der Waals surface area (Å²) < 4.78 is 5.80. The van der Waals surface area contributed by atoms with Crippen LogP contribution in [0.4, 0.5) is 0 Å². The lowest BCUT2D eigenvalue weighted by Crippen LogP contribution is -2.51. The zero-order chi connectivity index (χ0) is 15.2. The predicted octanol–water partition coefficient (Wildman–Crippen LogP) is 0.0499. The van der Waals surface area contributed by atoms with Crippen LogP contribution in [0.3, 0.4) is 0 Å². The van der Waals surface area contributed by atoms with Crippen molar-refractivity contribution in [1.29, 1.82) is 0 Å². The van der Waals surface area contributed by atoms with Crippen LogP contribution in [0.5, 0.6) is 0 Å². The number of ether oxygens (including phenoxy) is 1. The molecule has 0 radical (unpaired) electrons. The van der Waals surface area contributed by atoms with Crippen molar-refractivity contribution >= 4 is 11.8 Å². The molecule has 1 saturated heterocycles. The molecule has 3 N–H and O–H groups in total. The smallest absolute Gasteiger partial charge is 0.242 e. The zero-order valence-electron chi connectivity index (χ0n) is 12.1. The van der Waals surface area contributed by atoms with Gasteiger partial charge in [0.1, 0.15) is 6.10 Å². The third kappa shape index (κ3) is 4.03. The molecule has 2 atom stereocenters. The number of carbonyl (C=O) groups is 2. The van der Waals surface area contributed by atoms with Gasteiger partial charge in [0, 0.05) is 0 Å². The first kappa shape index (κ1) is 15.5. The first-order valence-electron chi connectivity index (χ1n) is 7.04. The third-order valence-electron chi connectivity index (χ3n) is 3.55. The van der Waals surface area contributed by atoms with E-state index in [-0.39, 0.29) is 37.0 Å². The lowest BCUT2D eigenvalue weighted by atomic mass is 10.1. The normalized spacial score (nSPS) is 21.9. The van der Waals surface area contributed by atoms with E-state index in [0.717, 1.165) is 5.56 Å². The van der Waals surface area contributed by atoms with Crippen molar-refractivity contribution in [1.82, 2.24) is 10.2 Å². The van der Waals surface area contributed by atoms with Gasteiger partial charge in [0.05, 0.1) is 32.3 Å². The Labute approximate surface area is 124 Å². The molecule has 21 heavy (non-hydrogen) atoms. The molecule has 1 fully saturated rings. The summed E-state index contributed by atoms with van der Waals surface area (Å²) in [5, 5.41) is 2.51. The summed E-state index contributed by atoms with van der Waals surface area (Å²) in [6.07, 6.45) is -0.128. The molecular formula is C15H21N3O3. The number of benzene rings is 1. The van der Waals surface area contributed by atoms with E-state index in [2.05, 4.69) is 5.32 Å². The molecule has 2 unspecified atom stereocenters. The first-order chi connectivity index (χ1) is 10.1. The Morgan fingerprint density at radius 3 is 2.76 bits per heavy atom. The van der Waals surface area contributed by atoms with Crippen molar-refractivity contribution in [3.63, 3.8) is 0 Å². The molecule has 1 aliphatic rings. The molecule has 2 amide bonds. The van der Waals surface area contributed by atoms with Crippen LogP contribution >= 0.6 is 0 Å². The number of amides is 2. The highest BCUT2D eigenvalue weighted by atomic mass is 16.5. The van der Waals surface area contributed by atoms with Crippen LogP contribution < -0.4 is 11.1 Å². The van der Waals surface area contributed by atoms with E-state index in [4.69, 9.17) is 10.5 Å². The Kier molecular flexibility index (Phi) is 5.30. The lowest BCUT2D eigenvalue weighted by Gasteiger charge is -2.38. The molecule has 1 aromatic rings. The zero-order valence-corrected chi connectivity index (χ0v) is 12.1. The summed E-state index contributed by atoms with van der Waals surface area (Å²) in [5.41, 5.74) is 6.25. The molecule has 0 aliphatic carbocycles. The van der Waals surface area contributed by atoms with Crippen molar-refractivity contribution in [2.45, 2.75) is 19.1 Å². The Balaban J connectivity index is 1.98. The number of morpholine rings is 1. The standard InChI is InChI=1S/C15H21N3O3/c1-11-10-21-13(12-5-3-2-4-6-12)9-18(11)15(20)8-17-14(19)7-16/h2-6,11,13H,7-10,16H2,1H3,(H,17,19). The van der Waals surface area contributed by atoms with Gasteiger partial charge in [-0.1, -0.05) is 30.3 Å². The maximum absolute atomic E-state index is 12.2. The number of carbonyl (C=O) groups excluding carboxylic acids is 2.